The van der Waals surface area contributed by atoms with Gasteiger partial charge in [-0.25, -0.2) is 0 Å². The fourth-order valence-electron chi connectivity index (χ4n) is 1.33. The third-order valence-corrected chi connectivity index (χ3v) is 2.18. The van der Waals surface area contributed by atoms with Gasteiger partial charge in [0, 0.05) is 20.0 Å². The largest absolute Gasteiger partial charge is 0.495 e. The zero-order valence-electron chi connectivity index (χ0n) is 9.06. The Bertz CT molecular complexity index is 339. The summed E-state index contributed by atoms with van der Waals surface area (Å²) in [4.78, 5) is 13.2. The topological polar surface area (TPSA) is 55.6 Å². The summed E-state index contributed by atoms with van der Waals surface area (Å²) in [5.41, 5.74) is 6.10. The van der Waals surface area contributed by atoms with Crippen LogP contribution in [0.1, 0.15) is 6.42 Å². The van der Waals surface area contributed by atoms with Crippen LogP contribution in [0.4, 0.5) is 5.69 Å². The first-order valence-electron chi connectivity index (χ1n) is 4.80. The Kier molecular flexibility index (Phi) is 4.12. The van der Waals surface area contributed by atoms with E-state index in [-0.39, 0.29) is 5.91 Å². The molecule has 1 aromatic rings. The van der Waals surface area contributed by atoms with Crippen LogP contribution in [0.2, 0.25) is 0 Å². The van der Waals surface area contributed by atoms with Gasteiger partial charge in [-0.1, -0.05) is 12.1 Å². The highest BCUT2D eigenvalue weighted by molar-refractivity contribution is 5.94. The van der Waals surface area contributed by atoms with Crippen molar-refractivity contribution in [2.24, 2.45) is 5.73 Å². The number of benzene rings is 1. The van der Waals surface area contributed by atoms with Crippen molar-refractivity contribution in [1.82, 2.24) is 0 Å². The van der Waals surface area contributed by atoms with Crippen LogP contribution in [0.5, 0.6) is 5.75 Å². The maximum absolute atomic E-state index is 11.6. The Hall–Kier alpha value is -1.55. The molecule has 0 radical (unpaired) electrons. The maximum Gasteiger partial charge on any atom is 0.228 e. The lowest BCUT2D eigenvalue weighted by Crippen LogP contribution is -2.28. The van der Waals surface area contributed by atoms with Crippen molar-refractivity contribution >= 4 is 11.6 Å². The highest BCUT2D eigenvalue weighted by Gasteiger charge is 2.13. The van der Waals surface area contributed by atoms with E-state index in [0.717, 1.165) is 5.69 Å². The van der Waals surface area contributed by atoms with E-state index in [1.807, 2.05) is 24.3 Å². The number of nitrogens with zero attached hydrogens (tertiary/aromatic N) is 1. The molecule has 0 aliphatic carbocycles. The standard InChI is InChI=1S/C11H16N2O2/c1-13(11(14)7-8-12)9-5-3-4-6-10(9)15-2/h3-6H,7-8,12H2,1-2H3. The Labute approximate surface area is 89.6 Å². The van der Waals surface area contributed by atoms with Gasteiger partial charge in [-0.05, 0) is 12.1 Å². The van der Waals surface area contributed by atoms with Crippen LogP contribution < -0.4 is 15.4 Å². The Morgan fingerprint density at radius 1 is 1.47 bits per heavy atom. The molecule has 2 N–H and O–H groups in total. The molecule has 15 heavy (non-hydrogen) atoms. The van der Waals surface area contributed by atoms with Gasteiger partial charge in [-0.3, -0.25) is 4.79 Å². The molecule has 0 saturated heterocycles. The van der Waals surface area contributed by atoms with E-state index in [1.54, 1.807) is 19.1 Å². The Morgan fingerprint density at radius 2 is 2.13 bits per heavy atom. The molecule has 0 fully saturated rings. The fraction of sp³-hybridized carbons (Fsp3) is 0.364. The minimum absolute atomic E-state index is 0.0120. The molecule has 0 saturated carbocycles. The average molecular weight is 208 g/mol. The van der Waals surface area contributed by atoms with Crippen molar-refractivity contribution in [3.8, 4) is 5.75 Å². The van der Waals surface area contributed by atoms with Crippen LogP contribution in [0, 0.1) is 0 Å². The fourth-order valence-corrected chi connectivity index (χ4v) is 1.33. The number of methoxy groups -OCH3 is 1. The number of rotatable bonds is 4. The highest BCUT2D eigenvalue weighted by atomic mass is 16.5. The van der Waals surface area contributed by atoms with E-state index < -0.39 is 0 Å². The number of carbonyl (C=O) groups is 1. The van der Waals surface area contributed by atoms with Crippen LogP contribution in [0.3, 0.4) is 0 Å². The van der Waals surface area contributed by atoms with Gasteiger partial charge in [0.1, 0.15) is 5.75 Å². The van der Waals surface area contributed by atoms with E-state index in [1.165, 1.54) is 0 Å². The second-order valence-electron chi connectivity index (χ2n) is 3.16. The molecule has 4 nitrogen and oxygen atoms in total. The maximum atomic E-state index is 11.6. The van der Waals surface area contributed by atoms with E-state index in [9.17, 15) is 4.79 Å². The van der Waals surface area contributed by atoms with E-state index in [4.69, 9.17) is 10.5 Å². The van der Waals surface area contributed by atoms with Crippen LogP contribution in [0.15, 0.2) is 24.3 Å². The number of anilines is 1. The molecule has 0 bridgehead atoms. The second-order valence-corrected chi connectivity index (χ2v) is 3.16. The normalized spacial score (nSPS) is 9.80. The molecular formula is C11H16N2O2. The van der Waals surface area contributed by atoms with Crippen molar-refractivity contribution in [3.05, 3.63) is 24.3 Å². The molecule has 0 aromatic heterocycles. The Morgan fingerprint density at radius 3 is 2.73 bits per heavy atom. The first-order chi connectivity index (χ1) is 7.20. The molecule has 0 aliphatic heterocycles. The molecule has 0 aliphatic rings. The minimum atomic E-state index is -0.0120. The number of carbonyl (C=O) groups excluding carboxylic acids is 1. The van der Waals surface area contributed by atoms with Crippen LogP contribution >= 0.6 is 0 Å². The van der Waals surface area contributed by atoms with Crippen molar-refractivity contribution in [3.63, 3.8) is 0 Å². The lowest BCUT2D eigenvalue weighted by atomic mass is 10.2. The lowest BCUT2D eigenvalue weighted by molar-refractivity contribution is -0.118. The van der Waals surface area contributed by atoms with E-state index >= 15 is 0 Å². The molecule has 0 heterocycles. The molecular weight excluding hydrogens is 192 g/mol. The second kappa shape index (κ2) is 5.36. The first-order valence-corrected chi connectivity index (χ1v) is 4.80. The SMILES string of the molecule is COc1ccccc1N(C)C(=O)CCN. The van der Waals surface area contributed by atoms with Crippen molar-refractivity contribution in [1.29, 1.82) is 0 Å². The number of hydrogen-bond acceptors (Lipinski definition) is 3. The molecule has 82 valence electrons. The first kappa shape index (κ1) is 11.5. The zero-order chi connectivity index (χ0) is 11.3. The highest BCUT2D eigenvalue weighted by Crippen LogP contribution is 2.26. The zero-order valence-corrected chi connectivity index (χ0v) is 9.06. The van der Waals surface area contributed by atoms with Gasteiger partial charge in [0.15, 0.2) is 0 Å². The van der Waals surface area contributed by atoms with Crippen LogP contribution in [-0.2, 0) is 4.79 Å². The lowest BCUT2D eigenvalue weighted by Gasteiger charge is -2.19. The third-order valence-electron chi connectivity index (χ3n) is 2.18. The monoisotopic (exact) mass is 208 g/mol. The average Bonchev–Trinajstić information content (AvgIpc) is 2.28. The minimum Gasteiger partial charge on any atom is -0.495 e. The van der Waals surface area contributed by atoms with Gasteiger partial charge in [-0.15, -0.1) is 0 Å². The predicted octanol–water partition coefficient (Wildman–Crippen LogP) is 1.01. The smallest absolute Gasteiger partial charge is 0.228 e. The third kappa shape index (κ3) is 2.70. The summed E-state index contributed by atoms with van der Waals surface area (Å²) in [6.45, 7) is 0.359. The van der Waals surface area contributed by atoms with Gasteiger partial charge in [-0.2, -0.15) is 0 Å². The summed E-state index contributed by atoms with van der Waals surface area (Å²) in [5.74, 6) is 0.673. The summed E-state index contributed by atoms with van der Waals surface area (Å²) >= 11 is 0. The number of hydrogen-bond donors (Lipinski definition) is 1. The number of ether oxygens (including phenoxy) is 1. The van der Waals surface area contributed by atoms with Crippen LogP contribution in [-0.4, -0.2) is 26.6 Å². The molecule has 1 rings (SSSR count). The van der Waals surface area contributed by atoms with Gasteiger partial charge in [0.2, 0.25) is 5.91 Å². The van der Waals surface area contributed by atoms with E-state index in [0.29, 0.717) is 18.7 Å². The van der Waals surface area contributed by atoms with Crippen molar-refractivity contribution in [2.75, 3.05) is 25.6 Å². The van der Waals surface area contributed by atoms with E-state index in [2.05, 4.69) is 0 Å². The summed E-state index contributed by atoms with van der Waals surface area (Å²) in [6.07, 6.45) is 0.342. The number of nitrogens with two attached hydrogens (primary N) is 1. The number of amides is 1. The van der Waals surface area contributed by atoms with Crippen LogP contribution in [0.25, 0.3) is 0 Å². The molecule has 1 amide bonds. The van der Waals surface area contributed by atoms with Gasteiger partial charge in [0.25, 0.3) is 0 Å². The van der Waals surface area contributed by atoms with Gasteiger partial charge < -0.3 is 15.4 Å². The number of para-hydroxylation sites is 2. The summed E-state index contributed by atoms with van der Waals surface area (Å²) in [6, 6.07) is 7.39. The summed E-state index contributed by atoms with van der Waals surface area (Å²) in [7, 11) is 3.30. The molecule has 0 unspecified atom stereocenters. The summed E-state index contributed by atoms with van der Waals surface area (Å²) < 4.78 is 5.17. The predicted molar refractivity (Wildman–Crippen MR) is 60.1 cm³/mol. The Balaban J connectivity index is 2.89. The van der Waals surface area contributed by atoms with Gasteiger partial charge >= 0.3 is 0 Å². The molecule has 1 aromatic carbocycles. The van der Waals surface area contributed by atoms with Crippen molar-refractivity contribution in [2.45, 2.75) is 6.42 Å². The summed E-state index contributed by atoms with van der Waals surface area (Å²) in [5, 5.41) is 0. The van der Waals surface area contributed by atoms with Gasteiger partial charge in [0.05, 0.1) is 12.8 Å². The molecule has 0 spiro atoms. The molecule has 4 heteroatoms. The van der Waals surface area contributed by atoms with Crippen molar-refractivity contribution < 1.29 is 9.53 Å². The molecule has 0 atom stereocenters. The quantitative estimate of drug-likeness (QED) is 0.803.